The van der Waals surface area contributed by atoms with Crippen molar-refractivity contribution < 1.29 is 13.9 Å². The van der Waals surface area contributed by atoms with Gasteiger partial charge in [-0.25, -0.2) is 9.07 Å². The maximum absolute atomic E-state index is 14.2. The Balaban J connectivity index is 1.62. The number of aromatic nitrogens is 3. The fraction of sp³-hybridized carbons (Fsp3) is 0.333. The molecular weight excluding hydrogens is 391 g/mol. The Morgan fingerprint density at radius 3 is 2.76 bits per heavy atom. The summed E-state index contributed by atoms with van der Waals surface area (Å²) in [5, 5.41) is 4.41. The Morgan fingerprint density at radius 1 is 1.17 bits per heavy atom. The number of para-hydroxylation sites is 1. The lowest BCUT2D eigenvalue weighted by Crippen LogP contribution is -2.27. The Kier molecular flexibility index (Phi) is 5.64. The van der Waals surface area contributed by atoms with Crippen molar-refractivity contribution >= 4 is 12.2 Å². The minimum atomic E-state index is -0.330. The highest BCUT2D eigenvalue weighted by atomic mass is 32.1. The lowest BCUT2D eigenvalue weighted by Gasteiger charge is -2.26. The second-order valence-corrected chi connectivity index (χ2v) is 7.32. The van der Waals surface area contributed by atoms with E-state index in [1.54, 1.807) is 48.0 Å². The second kappa shape index (κ2) is 8.34. The first-order chi connectivity index (χ1) is 14.1. The van der Waals surface area contributed by atoms with Crippen LogP contribution in [-0.4, -0.2) is 40.0 Å². The molecule has 0 aliphatic carbocycles. The van der Waals surface area contributed by atoms with Crippen molar-refractivity contribution in [3.63, 3.8) is 0 Å². The zero-order valence-electron chi connectivity index (χ0n) is 16.4. The topological polar surface area (TPSA) is 44.5 Å². The summed E-state index contributed by atoms with van der Waals surface area (Å²) < 4.78 is 28.9. The molecule has 8 heteroatoms. The Bertz CT molecular complexity index is 1060. The molecule has 1 atom stereocenters. The molecule has 6 nitrogen and oxygen atoms in total. The molecule has 4 rings (SSSR count). The lowest BCUT2D eigenvalue weighted by molar-refractivity contribution is 0.186. The monoisotopic (exact) mass is 414 g/mol. The molecule has 2 aromatic carbocycles. The molecule has 152 valence electrons. The molecule has 3 aromatic rings. The van der Waals surface area contributed by atoms with E-state index in [9.17, 15) is 4.39 Å². The summed E-state index contributed by atoms with van der Waals surface area (Å²) in [7, 11) is 3.34. The van der Waals surface area contributed by atoms with Crippen molar-refractivity contribution in [2.24, 2.45) is 0 Å². The van der Waals surface area contributed by atoms with Gasteiger partial charge in [0.15, 0.2) is 0 Å². The van der Waals surface area contributed by atoms with Crippen LogP contribution < -0.4 is 9.47 Å². The first kappa shape index (κ1) is 19.6. The molecule has 1 aromatic heterocycles. The summed E-state index contributed by atoms with van der Waals surface area (Å²) >= 11 is 5.57. The average Bonchev–Trinajstić information content (AvgIpc) is 3.35. The first-order valence-electron chi connectivity index (χ1n) is 9.47. The number of methoxy groups -OCH3 is 2. The minimum absolute atomic E-state index is 0.167. The van der Waals surface area contributed by atoms with Crippen LogP contribution in [0.4, 0.5) is 4.39 Å². The summed E-state index contributed by atoms with van der Waals surface area (Å²) in [6, 6.07) is 12.6. The highest BCUT2D eigenvalue weighted by Gasteiger charge is 2.29. The molecule has 29 heavy (non-hydrogen) atoms. The minimum Gasteiger partial charge on any atom is -0.497 e. The van der Waals surface area contributed by atoms with E-state index in [0.29, 0.717) is 17.1 Å². The van der Waals surface area contributed by atoms with Gasteiger partial charge < -0.3 is 9.47 Å². The fourth-order valence-electron chi connectivity index (χ4n) is 3.87. The molecule has 0 saturated carbocycles. The van der Waals surface area contributed by atoms with Gasteiger partial charge in [0, 0.05) is 18.2 Å². The number of ether oxygens (including phenoxy) is 2. The van der Waals surface area contributed by atoms with Crippen LogP contribution in [0, 0.1) is 10.6 Å². The molecule has 1 aliphatic heterocycles. The van der Waals surface area contributed by atoms with E-state index in [2.05, 4.69) is 10.00 Å². The standard InChI is InChI=1S/C21H23FN4O2S/c1-27-15-9-10-20(28-2)16(12-15)18-8-5-11-24(18)14-26-21(29)25(13-23-26)19-7-4-3-6-17(19)22/h3-4,6-7,9-10,12-13,18H,5,8,11,14H2,1-2H3/t18-/m1/s1. The van der Waals surface area contributed by atoms with Gasteiger partial charge >= 0.3 is 0 Å². The number of hydrogen-bond acceptors (Lipinski definition) is 5. The van der Waals surface area contributed by atoms with Gasteiger partial charge in [0.05, 0.1) is 26.6 Å². The maximum atomic E-state index is 14.2. The molecule has 0 bridgehead atoms. The van der Waals surface area contributed by atoms with E-state index in [0.717, 1.165) is 36.4 Å². The summed E-state index contributed by atoms with van der Waals surface area (Å²) in [4.78, 5) is 2.31. The number of rotatable bonds is 6. The first-order valence-corrected chi connectivity index (χ1v) is 9.88. The third kappa shape index (κ3) is 3.77. The van der Waals surface area contributed by atoms with Crippen molar-refractivity contribution in [2.75, 3.05) is 20.8 Å². The van der Waals surface area contributed by atoms with E-state index in [1.807, 2.05) is 18.2 Å². The Morgan fingerprint density at radius 2 is 2.00 bits per heavy atom. The van der Waals surface area contributed by atoms with E-state index in [4.69, 9.17) is 21.7 Å². The van der Waals surface area contributed by atoms with Gasteiger partial charge in [0.1, 0.15) is 23.6 Å². The van der Waals surface area contributed by atoms with Crippen molar-refractivity contribution in [3.8, 4) is 17.2 Å². The van der Waals surface area contributed by atoms with Crippen molar-refractivity contribution in [1.82, 2.24) is 19.2 Å². The zero-order chi connectivity index (χ0) is 20.4. The smallest absolute Gasteiger partial charge is 0.203 e. The number of nitrogens with zero attached hydrogens (tertiary/aromatic N) is 4. The second-order valence-electron chi connectivity index (χ2n) is 6.95. The highest BCUT2D eigenvalue weighted by Crippen LogP contribution is 2.39. The molecule has 1 aliphatic rings. The number of halogens is 1. The van der Waals surface area contributed by atoms with Crippen LogP contribution in [0.15, 0.2) is 48.8 Å². The summed E-state index contributed by atoms with van der Waals surface area (Å²) in [6.45, 7) is 1.44. The normalized spacial score (nSPS) is 16.9. The molecule has 0 unspecified atom stereocenters. The van der Waals surface area contributed by atoms with E-state index in [1.165, 1.54) is 6.07 Å². The molecule has 0 radical (unpaired) electrons. The van der Waals surface area contributed by atoms with Crippen LogP contribution in [-0.2, 0) is 6.67 Å². The fourth-order valence-corrected chi connectivity index (χ4v) is 4.12. The van der Waals surface area contributed by atoms with Gasteiger partial charge in [-0.1, -0.05) is 12.1 Å². The van der Waals surface area contributed by atoms with Crippen molar-refractivity contribution in [3.05, 3.63) is 64.9 Å². The van der Waals surface area contributed by atoms with E-state index in [-0.39, 0.29) is 11.9 Å². The van der Waals surface area contributed by atoms with Gasteiger partial charge in [-0.15, -0.1) is 0 Å². The third-order valence-corrected chi connectivity index (χ3v) is 5.73. The summed E-state index contributed by atoms with van der Waals surface area (Å²) in [6.07, 6.45) is 3.63. The molecule has 1 fully saturated rings. The molecule has 2 heterocycles. The van der Waals surface area contributed by atoms with Gasteiger partial charge in [-0.2, -0.15) is 5.10 Å². The molecule has 0 amide bonds. The molecule has 0 spiro atoms. The predicted molar refractivity (Wildman–Crippen MR) is 111 cm³/mol. The zero-order valence-corrected chi connectivity index (χ0v) is 17.2. The van der Waals surface area contributed by atoms with Crippen LogP contribution in [0.2, 0.25) is 0 Å². The van der Waals surface area contributed by atoms with Crippen molar-refractivity contribution in [2.45, 2.75) is 25.6 Å². The number of likely N-dealkylation sites (tertiary alicyclic amines) is 1. The molecular formula is C21H23FN4O2S. The largest absolute Gasteiger partial charge is 0.497 e. The lowest BCUT2D eigenvalue weighted by atomic mass is 10.0. The molecule has 0 N–H and O–H groups in total. The summed E-state index contributed by atoms with van der Waals surface area (Å²) in [5.41, 5.74) is 1.49. The van der Waals surface area contributed by atoms with E-state index >= 15 is 0 Å². The van der Waals surface area contributed by atoms with Gasteiger partial charge in [0.25, 0.3) is 0 Å². The SMILES string of the molecule is COc1ccc(OC)c([C@H]2CCCN2Cn2ncn(-c3ccccc3F)c2=S)c1. The number of hydrogen-bond donors (Lipinski definition) is 0. The number of benzene rings is 2. The van der Waals surface area contributed by atoms with Crippen LogP contribution in [0.1, 0.15) is 24.4 Å². The van der Waals surface area contributed by atoms with Crippen LogP contribution >= 0.6 is 12.2 Å². The average molecular weight is 415 g/mol. The van der Waals surface area contributed by atoms with Crippen molar-refractivity contribution in [1.29, 1.82) is 0 Å². The third-order valence-electron chi connectivity index (χ3n) is 5.32. The molecule has 1 saturated heterocycles. The summed E-state index contributed by atoms with van der Waals surface area (Å²) in [5.74, 6) is 1.31. The Labute approximate surface area is 174 Å². The van der Waals surface area contributed by atoms with Gasteiger partial charge in [0.2, 0.25) is 4.77 Å². The highest BCUT2D eigenvalue weighted by molar-refractivity contribution is 7.71. The van der Waals surface area contributed by atoms with Gasteiger partial charge in [-0.3, -0.25) is 9.47 Å². The van der Waals surface area contributed by atoms with Crippen LogP contribution in [0.25, 0.3) is 5.69 Å². The quantitative estimate of drug-likeness (QED) is 0.561. The maximum Gasteiger partial charge on any atom is 0.203 e. The van der Waals surface area contributed by atoms with Gasteiger partial charge in [-0.05, 0) is 55.4 Å². The predicted octanol–water partition coefficient (Wildman–Crippen LogP) is 4.35. The Hall–Kier alpha value is -2.71. The van der Waals surface area contributed by atoms with Crippen LogP contribution in [0.5, 0.6) is 11.5 Å². The van der Waals surface area contributed by atoms with Crippen LogP contribution in [0.3, 0.4) is 0 Å². The van der Waals surface area contributed by atoms with E-state index < -0.39 is 0 Å².